The lowest BCUT2D eigenvalue weighted by Gasteiger charge is -2.26. The molecule has 6 nitrogen and oxygen atoms in total. The molecule has 0 saturated carbocycles. The van der Waals surface area contributed by atoms with Crippen molar-refractivity contribution in [2.45, 2.75) is 5.60 Å². The summed E-state index contributed by atoms with van der Waals surface area (Å²) in [4.78, 5) is 11.6. The summed E-state index contributed by atoms with van der Waals surface area (Å²) in [7, 11) is 0. The van der Waals surface area contributed by atoms with Gasteiger partial charge in [0.25, 0.3) is 0 Å². The van der Waals surface area contributed by atoms with Crippen LogP contribution in [0, 0.1) is 0 Å². The van der Waals surface area contributed by atoms with Crippen molar-refractivity contribution in [1.29, 1.82) is 0 Å². The summed E-state index contributed by atoms with van der Waals surface area (Å²) in [5, 5.41) is 27.1. The van der Waals surface area contributed by atoms with Gasteiger partial charge < -0.3 is 25.0 Å². The third-order valence-corrected chi connectivity index (χ3v) is 1.93. The summed E-state index contributed by atoms with van der Waals surface area (Å²) in [6, 6.07) is 0. The molecule has 0 radical (unpaired) electrons. The highest BCUT2D eigenvalue weighted by molar-refractivity contribution is 5.65. The van der Waals surface area contributed by atoms with E-state index in [1.54, 1.807) is 0 Å². The minimum atomic E-state index is -1.46. The maximum absolute atomic E-state index is 10.6. The van der Waals surface area contributed by atoms with Gasteiger partial charge in [0.2, 0.25) is 0 Å². The molecule has 0 aromatic carbocycles. The lowest BCUT2D eigenvalue weighted by molar-refractivity contribution is -0.0688. The van der Waals surface area contributed by atoms with Crippen LogP contribution in [0.3, 0.4) is 0 Å². The Kier molecular flexibility index (Phi) is 3.07. The van der Waals surface area contributed by atoms with Crippen LogP contribution in [0.25, 0.3) is 0 Å². The Morgan fingerprint density at radius 3 is 2.85 bits per heavy atom. The van der Waals surface area contributed by atoms with Crippen molar-refractivity contribution in [3.8, 4) is 0 Å². The van der Waals surface area contributed by atoms with Crippen LogP contribution >= 0.6 is 0 Å². The summed E-state index contributed by atoms with van der Waals surface area (Å²) < 4.78 is 4.97. The molecular formula is C7H13NO5. The summed E-state index contributed by atoms with van der Waals surface area (Å²) >= 11 is 0. The number of amides is 1. The molecule has 0 aromatic heterocycles. The van der Waals surface area contributed by atoms with Crippen molar-refractivity contribution in [1.82, 2.24) is 4.90 Å². The van der Waals surface area contributed by atoms with Gasteiger partial charge in [0, 0.05) is 6.54 Å². The second kappa shape index (κ2) is 3.91. The molecule has 6 heteroatoms. The molecule has 1 rings (SSSR count). The maximum atomic E-state index is 10.6. The number of carbonyl (C=O) groups is 1. The topological polar surface area (TPSA) is 90.2 Å². The highest BCUT2D eigenvalue weighted by Crippen LogP contribution is 2.11. The molecule has 0 aromatic rings. The van der Waals surface area contributed by atoms with Gasteiger partial charge in [-0.1, -0.05) is 0 Å². The molecule has 1 saturated heterocycles. The quantitative estimate of drug-likeness (QED) is 0.480. The third-order valence-electron chi connectivity index (χ3n) is 1.93. The van der Waals surface area contributed by atoms with Crippen LogP contribution in [0.4, 0.5) is 4.79 Å². The van der Waals surface area contributed by atoms with Gasteiger partial charge in [-0.15, -0.1) is 0 Å². The first-order valence-corrected chi connectivity index (χ1v) is 3.96. The zero-order valence-corrected chi connectivity index (χ0v) is 7.14. The fourth-order valence-corrected chi connectivity index (χ4v) is 1.18. The average Bonchev–Trinajstić information content (AvgIpc) is 2.28. The SMILES string of the molecule is O=C(O)N1CCOCC(O)(CO)C1. The molecule has 1 atom stereocenters. The zero-order chi connectivity index (χ0) is 9.90. The van der Waals surface area contributed by atoms with Crippen molar-refractivity contribution in [3.05, 3.63) is 0 Å². The van der Waals surface area contributed by atoms with Crippen LogP contribution < -0.4 is 0 Å². The fraction of sp³-hybridized carbons (Fsp3) is 0.857. The first-order valence-electron chi connectivity index (χ1n) is 3.96. The second-order valence-corrected chi connectivity index (χ2v) is 3.14. The summed E-state index contributed by atoms with van der Waals surface area (Å²) in [5.74, 6) is 0. The van der Waals surface area contributed by atoms with E-state index in [0.717, 1.165) is 4.90 Å². The average molecular weight is 191 g/mol. The van der Waals surface area contributed by atoms with E-state index in [1.807, 2.05) is 0 Å². The van der Waals surface area contributed by atoms with E-state index in [-0.39, 0.29) is 26.3 Å². The number of hydrogen-bond acceptors (Lipinski definition) is 4. The van der Waals surface area contributed by atoms with Crippen LogP contribution in [0.5, 0.6) is 0 Å². The Balaban J connectivity index is 2.64. The Morgan fingerprint density at radius 2 is 2.31 bits per heavy atom. The van der Waals surface area contributed by atoms with Crippen LogP contribution in [0.2, 0.25) is 0 Å². The first kappa shape index (κ1) is 10.2. The molecule has 1 heterocycles. The van der Waals surface area contributed by atoms with Gasteiger partial charge in [0.15, 0.2) is 0 Å². The third kappa shape index (κ3) is 2.55. The number of β-amino-alcohol motifs (C(OH)–C–C–N with tert-alkyl or cyclic N) is 1. The predicted molar refractivity (Wildman–Crippen MR) is 42.5 cm³/mol. The van der Waals surface area contributed by atoms with Crippen molar-refractivity contribution >= 4 is 6.09 Å². The number of aliphatic hydroxyl groups is 2. The van der Waals surface area contributed by atoms with E-state index in [9.17, 15) is 9.90 Å². The second-order valence-electron chi connectivity index (χ2n) is 3.14. The fourth-order valence-electron chi connectivity index (χ4n) is 1.18. The van der Waals surface area contributed by atoms with Crippen molar-refractivity contribution < 1.29 is 24.9 Å². The number of carboxylic acid groups (broad SMARTS) is 1. The molecule has 1 amide bonds. The molecular weight excluding hydrogens is 178 g/mol. The predicted octanol–water partition coefficient (Wildman–Crippen LogP) is -1.28. The van der Waals surface area contributed by atoms with Gasteiger partial charge in [0.05, 0.1) is 26.4 Å². The van der Waals surface area contributed by atoms with Crippen molar-refractivity contribution in [2.24, 2.45) is 0 Å². The van der Waals surface area contributed by atoms with Gasteiger partial charge in [-0.3, -0.25) is 0 Å². The Hall–Kier alpha value is -0.850. The molecule has 76 valence electrons. The molecule has 0 bridgehead atoms. The largest absolute Gasteiger partial charge is 0.465 e. The van der Waals surface area contributed by atoms with Gasteiger partial charge in [-0.2, -0.15) is 0 Å². The molecule has 0 spiro atoms. The number of nitrogens with zero attached hydrogens (tertiary/aromatic N) is 1. The Labute approximate surface area is 75.3 Å². The lowest BCUT2D eigenvalue weighted by Crippen LogP contribution is -2.48. The first-order chi connectivity index (χ1) is 6.07. The monoisotopic (exact) mass is 191 g/mol. The molecule has 1 fully saturated rings. The minimum Gasteiger partial charge on any atom is -0.465 e. The lowest BCUT2D eigenvalue weighted by atomic mass is 10.1. The van der Waals surface area contributed by atoms with Crippen molar-refractivity contribution in [2.75, 3.05) is 32.9 Å². The molecule has 13 heavy (non-hydrogen) atoms. The summed E-state index contributed by atoms with van der Waals surface area (Å²) in [6.45, 7) is -0.185. The smallest absolute Gasteiger partial charge is 0.407 e. The Morgan fingerprint density at radius 1 is 1.62 bits per heavy atom. The van der Waals surface area contributed by atoms with Gasteiger partial charge in [-0.25, -0.2) is 4.79 Å². The molecule has 1 aliphatic rings. The van der Waals surface area contributed by atoms with Crippen LogP contribution in [-0.4, -0.2) is 64.8 Å². The standard InChI is InChI=1S/C7H13NO5/c9-4-7(12)3-8(6(10)11)1-2-13-5-7/h9,12H,1-5H2,(H,10,11). The normalized spacial score (nSPS) is 29.8. The highest BCUT2D eigenvalue weighted by Gasteiger charge is 2.33. The minimum absolute atomic E-state index is 0.0344. The number of rotatable bonds is 1. The number of ether oxygens (including phenoxy) is 1. The van der Waals surface area contributed by atoms with Gasteiger partial charge >= 0.3 is 6.09 Å². The van der Waals surface area contributed by atoms with E-state index in [2.05, 4.69) is 0 Å². The summed E-state index contributed by atoms with van der Waals surface area (Å²) in [5.41, 5.74) is -1.46. The molecule has 0 aliphatic carbocycles. The number of aliphatic hydroxyl groups excluding tert-OH is 1. The molecule has 3 N–H and O–H groups in total. The van der Waals surface area contributed by atoms with E-state index >= 15 is 0 Å². The zero-order valence-electron chi connectivity index (χ0n) is 7.14. The van der Waals surface area contributed by atoms with E-state index in [1.165, 1.54) is 0 Å². The van der Waals surface area contributed by atoms with E-state index < -0.39 is 18.3 Å². The van der Waals surface area contributed by atoms with Crippen LogP contribution in [-0.2, 0) is 4.74 Å². The molecule has 1 unspecified atom stereocenters. The van der Waals surface area contributed by atoms with Gasteiger partial charge in [0.1, 0.15) is 5.60 Å². The maximum Gasteiger partial charge on any atom is 0.407 e. The number of hydrogen-bond donors (Lipinski definition) is 3. The Bertz CT molecular complexity index is 197. The van der Waals surface area contributed by atoms with E-state index in [4.69, 9.17) is 14.9 Å². The van der Waals surface area contributed by atoms with E-state index in [0.29, 0.717) is 0 Å². The molecule has 1 aliphatic heterocycles. The van der Waals surface area contributed by atoms with Crippen LogP contribution in [0.1, 0.15) is 0 Å². The highest BCUT2D eigenvalue weighted by atomic mass is 16.5. The van der Waals surface area contributed by atoms with Crippen LogP contribution in [0.15, 0.2) is 0 Å². The summed E-state index contributed by atoms with van der Waals surface area (Å²) in [6.07, 6.45) is -1.11. The van der Waals surface area contributed by atoms with Gasteiger partial charge in [-0.05, 0) is 0 Å². The van der Waals surface area contributed by atoms with Crippen molar-refractivity contribution in [3.63, 3.8) is 0 Å².